The molecular formula is C44H48BNO2S. The van der Waals surface area contributed by atoms with Crippen molar-refractivity contribution in [3.05, 3.63) is 93.7 Å². The van der Waals surface area contributed by atoms with Gasteiger partial charge in [-0.05, 0) is 108 Å². The maximum atomic E-state index is 8.82. The van der Waals surface area contributed by atoms with Gasteiger partial charge >= 0.3 is 0 Å². The Morgan fingerprint density at radius 2 is 1.51 bits per heavy atom. The van der Waals surface area contributed by atoms with Gasteiger partial charge in [-0.3, -0.25) is 0 Å². The van der Waals surface area contributed by atoms with E-state index in [1.165, 1.54) is 82.0 Å². The first kappa shape index (κ1) is 15.1. The number of anilines is 3. The van der Waals surface area contributed by atoms with Gasteiger partial charge in [0.05, 0.1) is 5.69 Å². The lowest BCUT2D eigenvalue weighted by Gasteiger charge is -2.40. The van der Waals surface area contributed by atoms with Crippen molar-refractivity contribution in [2.24, 2.45) is 0 Å². The Labute approximate surface area is 330 Å². The molecule has 4 aromatic carbocycles. The van der Waals surface area contributed by atoms with Gasteiger partial charge < -0.3 is 14.1 Å². The molecule has 2 aliphatic rings. The maximum Gasteiger partial charge on any atom is 0.269 e. The van der Waals surface area contributed by atoms with Crippen LogP contribution in [0.3, 0.4) is 0 Å². The third kappa shape index (κ3) is 4.82. The minimum absolute atomic E-state index is 0.00246. The SMILES string of the molecule is [2H]C([2H])([2H])c1cc2c3c(c1)N(c1c(C([2H])([2H])[2H])cc(C)cc1C([2H])([2H])[2H])c1cc4c(C(C)(C)C([2H])([2H])[2H])c(C(C)(C)C([2H])([2H])[2H])oc4cc1B3c1sc3ccc(C(C([2H])([2H])[2H])(C([2H])([2H])[2H])C([2H])([2H])[2H])cc3c1O2. The molecule has 0 saturated heterocycles. The van der Waals surface area contributed by atoms with Gasteiger partial charge in [0.25, 0.3) is 6.71 Å². The Morgan fingerprint density at radius 3 is 2.20 bits per heavy atom. The molecule has 0 saturated carbocycles. The molecule has 0 unspecified atom stereocenters. The number of thiophene rings is 1. The van der Waals surface area contributed by atoms with Crippen molar-refractivity contribution in [3.8, 4) is 11.5 Å². The van der Waals surface area contributed by atoms with Crippen molar-refractivity contribution in [2.45, 2.75) is 106 Å². The minimum atomic E-state index is -3.64. The Hall–Kier alpha value is -3.96. The zero-order valence-corrected chi connectivity index (χ0v) is 28.3. The van der Waals surface area contributed by atoms with Crippen LogP contribution in [-0.4, -0.2) is 6.71 Å². The van der Waals surface area contributed by atoms with Gasteiger partial charge in [0.15, 0.2) is 0 Å². The number of furan rings is 1. The third-order valence-corrected chi connectivity index (χ3v) is 10.5. The molecule has 49 heavy (non-hydrogen) atoms. The van der Waals surface area contributed by atoms with Gasteiger partial charge in [0, 0.05) is 75.5 Å². The number of fused-ring (bicyclic) bond motifs is 7. The molecular weight excluding hydrogens is 617 g/mol. The predicted molar refractivity (Wildman–Crippen MR) is 212 cm³/mol. The van der Waals surface area contributed by atoms with Gasteiger partial charge in [0.1, 0.15) is 22.8 Å². The smallest absolute Gasteiger partial charge is 0.269 e. The van der Waals surface area contributed by atoms with E-state index in [1.807, 2.05) is 0 Å². The molecule has 5 heteroatoms. The molecule has 3 nitrogen and oxygen atoms in total. The van der Waals surface area contributed by atoms with E-state index in [0.29, 0.717) is 9.48 Å². The summed E-state index contributed by atoms with van der Waals surface area (Å²) in [4.78, 5) is 1.30. The summed E-state index contributed by atoms with van der Waals surface area (Å²) < 4.78 is 221. The highest BCUT2D eigenvalue weighted by Gasteiger charge is 2.45. The fourth-order valence-corrected chi connectivity index (χ4v) is 8.60. The average molecular weight is 690 g/mol. The minimum Gasteiger partial charge on any atom is -0.460 e. The molecule has 6 aromatic rings. The molecule has 8 rings (SSSR count). The monoisotopic (exact) mass is 690 g/mol. The molecule has 4 heterocycles. The second-order valence-electron chi connectivity index (χ2n) is 14.2. The molecule has 0 N–H and O–H groups in total. The van der Waals surface area contributed by atoms with Crippen molar-refractivity contribution in [2.75, 3.05) is 4.90 Å². The topological polar surface area (TPSA) is 25.6 Å². The van der Waals surface area contributed by atoms with E-state index in [4.69, 9.17) is 42.1 Å². The van der Waals surface area contributed by atoms with Crippen molar-refractivity contribution in [1.29, 1.82) is 0 Å². The van der Waals surface area contributed by atoms with Crippen molar-refractivity contribution >= 4 is 71.9 Å². The lowest BCUT2D eigenvalue weighted by atomic mass is 9.36. The molecule has 0 atom stereocenters. The highest BCUT2D eigenvalue weighted by molar-refractivity contribution is 7.33. The number of hydrogen-bond donors (Lipinski definition) is 0. The summed E-state index contributed by atoms with van der Waals surface area (Å²) in [6, 6.07) is 11.6. The van der Waals surface area contributed by atoms with Crippen molar-refractivity contribution < 1.29 is 42.1 Å². The summed E-state index contributed by atoms with van der Waals surface area (Å²) in [6.45, 7) is -19.6. The molecule has 2 aromatic heterocycles. The molecule has 0 radical (unpaired) electrons. The molecule has 250 valence electrons. The lowest BCUT2D eigenvalue weighted by molar-refractivity contribution is 0.409. The Bertz CT molecular complexity index is 3170. The van der Waals surface area contributed by atoms with E-state index in [9.17, 15) is 0 Å². The zero-order chi connectivity index (χ0) is 55.1. The van der Waals surface area contributed by atoms with Gasteiger partial charge in [-0.2, -0.15) is 0 Å². The molecule has 0 fully saturated rings. The van der Waals surface area contributed by atoms with E-state index in [1.54, 1.807) is 0 Å². The zero-order valence-electron chi connectivity index (χ0n) is 51.4. The molecule has 2 aliphatic heterocycles. The van der Waals surface area contributed by atoms with Gasteiger partial charge in [-0.1, -0.05) is 85.7 Å². The van der Waals surface area contributed by atoms with Crippen LogP contribution in [0.15, 0.2) is 59.0 Å². The van der Waals surface area contributed by atoms with Crippen LogP contribution in [0.1, 0.15) is 134 Å². The fourth-order valence-electron chi connectivity index (χ4n) is 7.35. The van der Waals surface area contributed by atoms with Crippen molar-refractivity contribution in [3.63, 3.8) is 0 Å². The van der Waals surface area contributed by atoms with E-state index >= 15 is 0 Å². The number of aryl methyl sites for hydroxylation is 4. The summed E-state index contributed by atoms with van der Waals surface area (Å²) in [5.41, 5.74) is -8.95. The van der Waals surface area contributed by atoms with Crippen LogP contribution in [0.2, 0.25) is 0 Å². The Balaban J connectivity index is 1.61. The molecule has 0 aliphatic carbocycles. The quantitative estimate of drug-likeness (QED) is 0.160. The number of hydrogen-bond acceptors (Lipinski definition) is 4. The summed E-state index contributed by atoms with van der Waals surface area (Å²) >= 11 is 1.06. The average Bonchev–Trinajstić information content (AvgIpc) is 3.75. The lowest BCUT2D eigenvalue weighted by Crippen LogP contribution is -2.58. The standard InChI is InChI=1S/C44H48BNO2S/c1-23-16-25(3)38(26(4)17-23)46-31-21-28-33(48-40(44(11,12)13)36(28)43(8,9)10)22-30(31)45-37-32(46)18-24(2)19-34(37)47-39-29-20-27(42(5,6)7)14-15-35(29)49-41(39)45/h14-22H,1-13H3/i2D3,3D3,4D3,5D3,6D3,7D3,8D3,11D3. The second-order valence-corrected chi connectivity index (χ2v) is 15.3. The van der Waals surface area contributed by atoms with Crippen LogP contribution in [0, 0.1) is 27.5 Å². The number of ether oxygens (including phenoxy) is 1. The van der Waals surface area contributed by atoms with Crippen molar-refractivity contribution in [1.82, 2.24) is 0 Å². The molecule has 0 amide bonds. The Morgan fingerprint density at radius 1 is 0.755 bits per heavy atom. The van der Waals surface area contributed by atoms with E-state index in [0.717, 1.165) is 23.5 Å². The number of rotatable bonds is 1. The summed E-state index contributed by atoms with van der Waals surface area (Å²) in [5, 5.41) is 0.0972. The van der Waals surface area contributed by atoms with Crippen LogP contribution < -0.4 is 25.3 Å². The fraction of sp³-hybridized carbons (Fsp3) is 0.364. The van der Waals surface area contributed by atoms with Gasteiger partial charge in [0.2, 0.25) is 0 Å². The van der Waals surface area contributed by atoms with E-state index in [2.05, 4.69) is 0 Å². The second kappa shape index (κ2) is 10.3. The van der Waals surface area contributed by atoms with Crippen LogP contribution in [0.25, 0.3) is 21.1 Å². The number of benzene rings is 4. The van der Waals surface area contributed by atoms with Crippen LogP contribution >= 0.6 is 11.3 Å². The maximum absolute atomic E-state index is 8.82. The third-order valence-electron chi connectivity index (χ3n) is 9.28. The predicted octanol–water partition coefficient (Wildman–Crippen LogP) is 11.2. The number of nitrogens with zero attached hydrogens (tertiary/aromatic N) is 1. The van der Waals surface area contributed by atoms with Gasteiger partial charge in [-0.15, -0.1) is 11.3 Å². The first-order valence-electron chi connectivity index (χ1n) is 27.7. The largest absolute Gasteiger partial charge is 0.460 e. The molecule has 0 spiro atoms. The molecule has 0 bridgehead atoms. The highest BCUT2D eigenvalue weighted by atomic mass is 32.1. The Kier molecular flexibility index (Phi) is 3.17. The van der Waals surface area contributed by atoms with Crippen LogP contribution in [0.5, 0.6) is 11.5 Å². The first-order valence-corrected chi connectivity index (χ1v) is 16.5. The first-order chi connectivity index (χ1) is 32.7. The van der Waals surface area contributed by atoms with Crippen LogP contribution in [0.4, 0.5) is 17.1 Å². The normalized spacial score (nSPS) is 23.6. The van der Waals surface area contributed by atoms with E-state index in [-0.39, 0.29) is 78.3 Å². The summed E-state index contributed by atoms with van der Waals surface area (Å²) in [7, 11) is 0. The highest BCUT2D eigenvalue weighted by Crippen LogP contribution is 2.49. The summed E-state index contributed by atoms with van der Waals surface area (Å²) in [6.07, 6.45) is 0. The summed E-state index contributed by atoms with van der Waals surface area (Å²) in [5.74, 6) is -0.440. The van der Waals surface area contributed by atoms with Crippen LogP contribution in [-0.2, 0) is 16.2 Å². The van der Waals surface area contributed by atoms with Gasteiger partial charge in [-0.25, -0.2) is 0 Å². The van der Waals surface area contributed by atoms with E-state index < -0.39 is 94.5 Å².